The van der Waals surface area contributed by atoms with Gasteiger partial charge in [-0.2, -0.15) is 5.10 Å². The van der Waals surface area contributed by atoms with Gasteiger partial charge in [-0.15, -0.1) is 0 Å². The number of nitrogens with zero attached hydrogens (tertiary/aromatic N) is 2. The third kappa shape index (κ3) is 2.15. The van der Waals surface area contributed by atoms with E-state index in [0.717, 1.165) is 10.9 Å². The molecule has 5 nitrogen and oxygen atoms in total. The molecule has 1 amide bonds. The minimum atomic E-state index is -0.299. The number of rotatable bonds is 2. The average molecular weight is 273 g/mol. The first-order valence-corrected chi connectivity index (χ1v) is 5.96. The average Bonchev–Trinajstić information content (AvgIpc) is 2.88. The minimum Gasteiger partial charge on any atom is -0.321 e. The van der Waals surface area contributed by atoms with Crippen molar-refractivity contribution in [2.24, 2.45) is 0 Å². The van der Waals surface area contributed by atoms with Crippen LogP contribution in [0.25, 0.3) is 10.9 Å². The molecule has 19 heavy (non-hydrogen) atoms. The van der Waals surface area contributed by atoms with Crippen LogP contribution in [0.4, 0.5) is 5.69 Å². The number of carbonyl (C=O) groups is 1. The Kier molecular flexibility index (Phi) is 2.89. The van der Waals surface area contributed by atoms with E-state index < -0.39 is 0 Å². The fourth-order valence-corrected chi connectivity index (χ4v) is 2.00. The molecule has 0 saturated heterocycles. The molecule has 0 atom stereocenters. The van der Waals surface area contributed by atoms with Crippen molar-refractivity contribution >= 4 is 34.1 Å². The number of anilines is 1. The van der Waals surface area contributed by atoms with E-state index in [2.05, 4.69) is 20.5 Å². The van der Waals surface area contributed by atoms with Crippen LogP contribution < -0.4 is 5.32 Å². The van der Waals surface area contributed by atoms with Crippen LogP contribution in [0.5, 0.6) is 0 Å². The summed E-state index contributed by atoms with van der Waals surface area (Å²) in [4.78, 5) is 16.0. The molecule has 0 spiro atoms. The van der Waals surface area contributed by atoms with Gasteiger partial charge in [-0.1, -0.05) is 17.7 Å². The van der Waals surface area contributed by atoms with Crippen molar-refractivity contribution in [2.45, 2.75) is 0 Å². The normalized spacial score (nSPS) is 10.6. The van der Waals surface area contributed by atoms with Crippen molar-refractivity contribution in [3.8, 4) is 0 Å². The molecule has 0 fully saturated rings. The number of halogens is 1. The standard InChI is InChI=1S/C13H9ClN4O/c14-10-4-5-15-6-8(10)13(19)17-11-2-1-3-12-9(11)7-16-18-12/h1-7H,(H,16,18)(H,17,19). The fraction of sp³-hybridized carbons (Fsp3) is 0. The molecule has 0 unspecified atom stereocenters. The summed E-state index contributed by atoms with van der Waals surface area (Å²) in [5.74, 6) is -0.299. The quantitative estimate of drug-likeness (QED) is 0.753. The molecule has 0 saturated carbocycles. The van der Waals surface area contributed by atoms with Gasteiger partial charge in [0.15, 0.2) is 0 Å². The number of nitrogens with one attached hydrogen (secondary N) is 2. The number of fused-ring (bicyclic) bond motifs is 1. The van der Waals surface area contributed by atoms with Crippen molar-refractivity contribution in [1.82, 2.24) is 15.2 Å². The number of amides is 1. The van der Waals surface area contributed by atoms with E-state index in [0.29, 0.717) is 16.3 Å². The van der Waals surface area contributed by atoms with Gasteiger partial charge in [0.2, 0.25) is 0 Å². The van der Waals surface area contributed by atoms with Crippen LogP contribution in [0, 0.1) is 0 Å². The van der Waals surface area contributed by atoms with Gasteiger partial charge in [0.1, 0.15) is 0 Å². The summed E-state index contributed by atoms with van der Waals surface area (Å²) < 4.78 is 0. The Bertz CT molecular complexity index is 753. The molecule has 2 aromatic heterocycles. The van der Waals surface area contributed by atoms with Gasteiger partial charge in [0.05, 0.1) is 28.0 Å². The van der Waals surface area contributed by atoms with Crippen LogP contribution in [0.2, 0.25) is 5.02 Å². The van der Waals surface area contributed by atoms with Crippen LogP contribution in [0.3, 0.4) is 0 Å². The first-order valence-electron chi connectivity index (χ1n) is 5.58. The molecule has 6 heteroatoms. The molecule has 2 N–H and O–H groups in total. The lowest BCUT2D eigenvalue weighted by Gasteiger charge is -2.07. The molecule has 3 aromatic rings. The highest BCUT2D eigenvalue weighted by Gasteiger charge is 2.12. The van der Waals surface area contributed by atoms with Crippen LogP contribution in [0.15, 0.2) is 42.9 Å². The lowest BCUT2D eigenvalue weighted by atomic mass is 10.2. The summed E-state index contributed by atoms with van der Waals surface area (Å²) in [6.45, 7) is 0. The molecule has 0 aliphatic heterocycles. The van der Waals surface area contributed by atoms with E-state index in [-0.39, 0.29) is 5.91 Å². The molecule has 0 aliphatic carbocycles. The van der Waals surface area contributed by atoms with E-state index in [4.69, 9.17) is 11.6 Å². The predicted octanol–water partition coefficient (Wildman–Crippen LogP) is 2.86. The second-order valence-electron chi connectivity index (χ2n) is 3.95. The smallest absolute Gasteiger partial charge is 0.258 e. The topological polar surface area (TPSA) is 70.7 Å². The highest BCUT2D eigenvalue weighted by atomic mass is 35.5. The van der Waals surface area contributed by atoms with Crippen LogP contribution in [0.1, 0.15) is 10.4 Å². The number of benzene rings is 1. The molecule has 3 rings (SSSR count). The Morgan fingerprint density at radius 2 is 2.16 bits per heavy atom. The SMILES string of the molecule is O=C(Nc1cccc2[nH]ncc12)c1cnccc1Cl. The number of hydrogen-bond donors (Lipinski definition) is 2. The Morgan fingerprint density at radius 1 is 1.26 bits per heavy atom. The summed E-state index contributed by atoms with van der Waals surface area (Å²) in [6.07, 6.45) is 4.64. The van der Waals surface area contributed by atoms with Gasteiger partial charge in [-0.05, 0) is 18.2 Å². The van der Waals surface area contributed by atoms with Crippen LogP contribution in [-0.2, 0) is 0 Å². The van der Waals surface area contributed by atoms with E-state index >= 15 is 0 Å². The zero-order valence-electron chi connectivity index (χ0n) is 9.72. The minimum absolute atomic E-state index is 0.299. The van der Waals surface area contributed by atoms with E-state index in [1.807, 2.05) is 12.1 Å². The third-order valence-electron chi connectivity index (χ3n) is 2.75. The first kappa shape index (κ1) is 11.7. The molecule has 94 valence electrons. The second kappa shape index (κ2) is 4.70. The van der Waals surface area contributed by atoms with Gasteiger partial charge in [0, 0.05) is 17.8 Å². The van der Waals surface area contributed by atoms with Gasteiger partial charge < -0.3 is 5.32 Å². The summed E-state index contributed by atoms with van der Waals surface area (Å²) in [5.41, 5.74) is 1.87. The lowest BCUT2D eigenvalue weighted by Crippen LogP contribution is -2.12. The van der Waals surface area contributed by atoms with Crippen molar-refractivity contribution in [1.29, 1.82) is 0 Å². The van der Waals surface area contributed by atoms with Crippen molar-refractivity contribution in [2.75, 3.05) is 5.32 Å². The largest absolute Gasteiger partial charge is 0.321 e. The maximum absolute atomic E-state index is 12.1. The van der Waals surface area contributed by atoms with Crippen molar-refractivity contribution in [3.05, 3.63) is 53.4 Å². The fourth-order valence-electron chi connectivity index (χ4n) is 1.81. The molecular weight excluding hydrogens is 264 g/mol. The third-order valence-corrected chi connectivity index (χ3v) is 3.08. The maximum atomic E-state index is 12.1. The number of H-pyrrole nitrogens is 1. The molecule has 0 bridgehead atoms. The first-order chi connectivity index (χ1) is 9.25. The van der Waals surface area contributed by atoms with Crippen LogP contribution in [-0.4, -0.2) is 21.1 Å². The highest BCUT2D eigenvalue weighted by molar-refractivity contribution is 6.34. The molecule has 2 heterocycles. The van der Waals surface area contributed by atoms with Gasteiger partial charge in [-0.3, -0.25) is 14.9 Å². The zero-order valence-corrected chi connectivity index (χ0v) is 10.5. The number of aromatic nitrogens is 3. The Labute approximate surface area is 113 Å². The van der Waals surface area contributed by atoms with Crippen LogP contribution >= 0.6 is 11.6 Å². The van der Waals surface area contributed by atoms with Crippen molar-refractivity contribution in [3.63, 3.8) is 0 Å². The Balaban J connectivity index is 1.95. The van der Waals surface area contributed by atoms with Gasteiger partial charge >= 0.3 is 0 Å². The monoisotopic (exact) mass is 272 g/mol. The number of carbonyl (C=O) groups excluding carboxylic acids is 1. The van der Waals surface area contributed by atoms with Gasteiger partial charge in [-0.25, -0.2) is 0 Å². The van der Waals surface area contributed by atoms with E-state index in [9.17, 15) is 4.79 Å². The summed E-state index contributed by atoms with van der Waals surface area (Å²) in [6, 6.07) is 7.10. The lowest BCUT2D eigenvalue weighted by molar-refractivity contribution is 0.102. The molecule has 1 aromatic carbocycles. The highest BCUT2D eigenvalue weighted by Crippen LogP contribution is 2.22. The second-order valence-corrected chi connectivity index (χ2v) is 4.35. The predicted molar refractivity (Wildman–Crippen MR) is 73.3 cm³/mol. The summed E-state index contributed by atoms with van der Waals surface area (Å²) >= 11 is 5.96. The van der Waals surface area contributed by atoms with Gasteiger partial charge in [0.25, 0.3) is 5.91 Å². The summed E-state index contributed by atoms with van der Waals surface area (Å²) in [7, 11) is 0. The zero-order chi connectivity index (χ0) is 13.2. The molecule has 0 radical (unpaired) electrons. The van der Waals surface area contributed by atoms with E-state index in [1.54, 1.807) is 18.3 Å². The van der Waals surface area contributed by atoms with E-state index in [1.165, 1.54) is 12.4 Å². The Morgan fingerprint density at radius 3 is 3.00 bits per heavy atom. The number of pyridine rings is 1. The Hall–Kier alpha value is -2.40. The summed E-state index contributed by atoms with van der Waals surface area (Å²) in [5, 5.41) is 10.8. The molecule has 0 aliphatic rings. The van der Waals surface area contributed by atoms with Crippen molar-refractivity contribution < 1.29 is 4.79 Å². The maximum Gasteiger partial charge on any atom is 0.258 e. The number of aromatic amines is 1. The number of hydrogen-bond acceptors (Lipinski definition) is 3. The molecular formula is C13H9ClN4O.